The Hall–Kier alpha value is -1.31. The minimum absolute atomic E-state index is 0.0657. The van der Waals surface area contributed by atoms with Crippen LogP contribution in [-0.4, -0.2) is 41.8 Å². The first kappa shape index (κ1) is 16.7. The predicted octanol–water partition coefficient (Wildman–Crippen LogP) is 1.82. The zero-order valence-corrected chi connectivity index (χ0v) is 12.7. The standard InChI is InChI=1S/C12H15ClO6S/c1-17-6-3-7-19-12(14)9-4-5-10(18-2)11(8-9)20(13,15)16/h4-5,8H,3,6-7H2,1-2H3. The maximum Gasteiger partial charge on any atom is 0.338 e. The summed E-state index contributed by atoms with van der Waals surface area (Å²) in [5.41, 5.74) is 0.0856. The number of benzene rings is 1. The van der Waals surface area contributed by atoms with Crippen LogP contribution in [0.15, 0.2) is 23.1 Å². The van der Waals surface area contributed by atoms with E-state index in [1.54, 1.807) is 7.11 Å². The Bertz CT molecular complexity index is 569. The predicted molar refractivity (Wildman–Crippen MR) is 72.8 cm³/mol. The average molecular weight is 323 g/mol. The van der Waals surface area contributed by atoms with Crippen molar-refractivity contribution >= 4 is 25.7 Å². The molecule has 0 aromatic heterocycles. The summed E-state index contributed by atoms with van der Waals surface area (Å²) < 4.78 is 37.5. The van der Waals surface area contributed by atoms with E-state index in [4.69, 9.17) is 24.9 Å². The van der Waals surface area contributed by atoms with Gasteiger partial charge in [-0.05, 0) is 18.2 Å². The van der Waals surface area contributed by atoms with Gasteiger partial charge in [-0.1, -0.05) is 0 Å². The quantitative estimate of drug-likeness (QED) is 0.433. The molecule has 0 saturated heterocycles. The van der Waals surface area contributed by atoms with Gasteiger partial charge < -0.3 is 14.2 Å². The molecule has 1 rings (SSSR count). The third-order valence-corrected chi connectivity index (χ3v) is 3.73. The molecule has 0 aliphatic heterocycles. The van der Waals surface area contributed by atoms with Gasteiger partial charge in [0.2, 0.25) is 0 Å². The molecule has 0 N–H and O–H groups in total. The van der Waals surface area contributed by atoms with Crippen LogP contribution in [-0.2, 0) is 18.5 Å². The van der Waals surface area contributed by atoms with Crippen molar-refractivity contribution in [2.75, 3.05) is 27.4 Å². The molecular formula is C12H15ClO6S. The van der Waals surface area contributed by atoms with Crippen LogP contribution in [0.1, 0.15) is 16.8 Å². The summed E-state index contributed by atoms with van der Waals surface area (Å²) in [6.45, 7) is 0.652. The van der Waals surface area contributed by atoms with Gasteiger partial charge in [0.05, 0.1) is 19.3 Å². The fourth-order valence-corrected chi connectivity index (χ4v) is 2.47. The van der Waals surface area contributed by atoms with Gasteiger partial charge in [-0.2, -0.15) is 0 Å². The first-order chi connectivity index (χ1) is 9.40. The number of carbonyl (C=O) groups is 1. The van der Waals surface area contributed by atoms with E-state index in [0.717, 1.165) is 6.07 Å². The fraction of sp³-hybridized carbons (Fsp3) is 0.417. The Morgan fingerprint density at radius 3 is 2.50 bits per heavy atom. The summed E-state index contributed by atoms with van der Waals surface area (Å²) in [6.07, 6.45) is 0.555. The number of ether oxygens (including phenoxy) is 3. The van der Waals surface area contributed by atoms with Gasteiger partial charge in [-0.15, -0.1) is 0 Å². The molecule has 0 heterocycles. The Kier molecular flexibility index (Phi) is 6.25. The van der Waals surface area contributed by atoms with E-state index in [1.165, 1.54) is 19.2 Å². The molecule has 0 amide bonds. The first-order valence-electron chi connectivity index (χ1n) is 5.69. The number of hydrogen-bond acceptors (Lipinski definition) is 6. The van der Waals surface area contributed by atoms with Crippen LogP contribution in [0.25, 0.3) is 0 Å². The molecule has 6 nitrogen and oxygen atoms in total. The molecule has 0 radical (unpaired) electrons. The molecule has 0 spiro atoms. The molecular weight excluding hydrogens is 308 g/mol. The van der Waals surface area contributed by atoms with Crippen LogP contribution in [0.4, 0.5) is 0 Å². The number of methoxy groups -OCH3 is 2. The van der Waals surface area contributed by atoms with Gasteiger partial charge in [-0.3, -0.25) is 0 Å². The first-order valence-corrected chi connectivity index (χ1v) is 8.00. The number of esters is 1. The van der Waals surface area contributed by atoms with Crippen molar-refractivity contribution in [2.45, 2.75) is 11.3 Å². The maximum absolute atomic E-state index is 11.7. The lowest BCUT2D eigenvalue weighted by Gasteiger charge is -2.08. The van der Waals surface area contributed by atoms with Crippen LogP contribution >= 0.6 is 10.7 Å². The molecule has 0 atom stereocenters. The van der Waals surface area contributed by atoms with Crippen LogP contribution in [0.2, 0.25) is 0 Å². The van der Waals surface area contributed by atoms with Crippen LogP contribution < -0.4 is 4.74 Å². The van der Waals surface area contributed by atoms with Crippen molar-refractivity contribution in [3.8, 4) is 5.75 Å². The van der Waals surface area contributed by atoms with Crippen molar-refractivity contribution in [2.24, 2.45) is 0 Å². The highest BCUT2D eigenvalue weighted by atomic mass is 35.7. The van der Waals surface area contributed by atoms with E-state index in [2.05, 4.69) is 0 Å². The van der Waals surface area contributed by atoms with Gasteiger partial charge in [0.1, 0.15) is 10.6 Å². The summed E-state index contributed by atoms with van der Waals surface area (Å²) in [6, 6.07) is 3.88. The van der Waals surface area contributed by atoms with E-state index in [0.29, 0.717) is 13.0 Å². The normalized spacial score (nSPS) is 11.2. The lowest BCUT2D eigenvalue weighted by Crippen LogP contribution is -2.09. The van der Waals surface area contributed by atoms with Gasteiger partial charge in [0.25, 0.3) is 9.05 Å². The fourth-order valence-electron chi connectivity index (χ4n) is 1.45. The lowest BCUT2D eigenvalue weighted by atomic mass is 10.2. The molecule has 0 saturated carbocycles. The van der Waals surface area contributed by atoms with Crippen LogP contribution in [0.5, 0.6) is 5.75 Å². The van der Waals surface area contributed by atoms with E-state index < -0.39 is 15.0 Å². The molecule has 0 fully saturated rings. The molecule has 112 valence electrons. The molecule has 1 aromatic rings. The maximum atomic E-state index is 11.7. The zero-order valence-electron chi connectivity index (χ0n) is 11.1. The zero-order chi connectivity index (χ0) is 15.2. The third-order valence-electron chi connectivity index (χ3n) is 2.39. The van der Waals surface area contributed by atoms with Crippen molar-refractivity contribution in [1.82, 2.24) is 0 Å². The highest BCUT2D eigenvalue weighted by molar-refractivity contribution is 8.13. The Morgan fingerprint density at radius 1 is 1.25 bits per heavy atom. The van der Waals surface area contributed by atoms with Gasteiger partial charge in [0.15, 0.2) is 0 Å². The highest BCUT2D eigenvalue weighted by Gasteiger charge is 2.19. The van der Waals surface area contributed by atoms with Gasteiger partial charge in [0, 0.05) is 30.8 Å². The molecule has 0 unspecified atom stereocenters. The molecule has 8 heteroatoms. The van der Waals surface area contributed by atoms with E-state index >= 15 is 0 Å². The summed E-state index contributed by atoms with van der Waals surface area (Å²) in [5.74, 6) is -0.568. The minimum atomic E-state index is -4.01. The molecule has 0 aliphatic carbocycles. The largest absolute Gasteiger partial charge is 0.495 e. The monoisotopic (exact) mass is 322 g/mol. The van der Waals surface area contributed by atoms with E-state index in [9.17, 15) is 13.2 Å². The van der Waals surface area contributed by atoms with Crippen molar-refractivity contribution in [3.05, 3.63) is 23.8 Å². The topological polar surface area (TPSA) is 78.9 Å². The number of hydrogen-bond donors (Lipinski definition) is 0. The molecule has 1 aromatic carbocycles. The van der Waals surface area contributed by atoms with Crippen molar-refractivity contribution in [1.29, 1.82) is 0 Å². The summed E-state index contributed by atoms with van der Waals surface area (Å²) in [7, 11) is 4.13. The lowest BCUT2D eigenvalue weighted by molar-refractivity contribution is 0.0468. The highest BCUT2D eigenvalue weighted by Crippen LogP contribution is 2.28. The van der Waals surface area contributed by atoms with E-state index in [1.807, 2.05) is 0 Å². The smallest absolute Gasteiger partial charge is 0.338 e. The second-order valence-corrected chi connectivity index (χ2v) is 6.32. The van der Waals surface area contributed by atoms with Crippen molar-refractivity contribution in [3.63, 3.8) is 0 Å². The number of carbonyl (C=O) groups excluding carboxylic acids is 1. The molecule has 0 aliphatic rings. The second kappa shape index (κ2) is 7.47. The summed E-state index contributed by atoms with van der Waals surface area (Å²) in [4.78, 5) is 11.5. The van der Waals surface area contributed by atoms with Gasteiger partial charge in [-0.25, -0.2) is 13.2 Å². The number of rotatable bonds is 7. The SMILES string of the molecule is COCCCOC(=O)c1ccc(OC)c(S(=O)(=O)Cl)c1. The molecule has 20 heavy (non-hydrogen) atoms. The van der Waals surface area contributed by atoms with Gasteiger partial charge >= 0.3 is 5.97 Å². The Morgan fingerprint density at radius 2 is 1.95 bits per heavy atom. The Balaban J connectivity index is 2.89. The van der Waals surface area contributed by atoms with Crippen LogP contribution in [0, 0.1) is 0 Å². The summed E-state index contributed by atoms with van der Waals surface area (Å²) in [5, 5.41) is 0. The average Bonchev–Trinajstić information content (AvgIpc) is 2.41. The van der Waals surface area contributed by atoms with Crippen LogP contribution in [0.3, 0.4) is 0 Å². The minimum Gasteiger partial charge on any atom is -0.495 e. The molecule has 0 bridgehead atoms. The van der Waals surface area contributed by atoms with Crippen molar-refractivity contribution < 1.29 is 27.4 Å². The second-order valence-electron chi connectivity index (χ2n) is 3.79. The third kappa shape index (κ3) is 4.66. The number of halogens is 1. The summed E-state index contributed by atoms with van der Waals surface area (Å²) >= 11 is 0. The van der Waals surface area contributed by atoms with E-state index in [-0.39, 0.29) is 22.8 Å². The Labute approximate surface area is 122 Å².